The molecule has 2 unspecified atom stereocenters. The lowest BCUT2D eigenvalue weighted by atomic mass is 9.76. The molecule has 2 aromatic rings. The predicted octanol–water partition coefficient (Wildman–Crippen LogP) is -0.938. The number of carbonyl (C=O) groups is 2. The van der Waals surface area contributed by atoms with Gasteiger partial charge in [-0.2, -0.15) is 0 Å². The van der Waals surface area contributed by atoms with Gasteiger partial charge in [0.2, 0.25) is 0 Å². The number of hydrogen-bond acceptors (Lipinski definition) is 8. The van der Waals surface area contributed by atoms with Crippen LogP contribution in [0.25, 0.3) is 0 Å². The highest BCUT2D eigenvalue weighted by atomic mass is 16.5. The van der Waals surface area contributed by atoms with E-state index in [2.05, 4.69) is 9.80 Å². The third-order valence-corrected chi connectivity index (χ3v) is 6.15. The number of piperazine rings is 1. The summed E-state index contributed by atoms with van der Waals surface area (Å²) in [6, 6.07) is 10.7. The van der Waals surface area contributed by atoms with Crippen molar-refractivity contribution in [3.8, 4) is 0 Å². The van der Waals surface area contributed by atoms with Crippen LogP contribution in [0.5, 0.6) is 0 Å². The van der Waals surface area contributed by atoms with E-state index in [0.29, 0.717) is 48.2 Å². The maximum Gasteiger partial charge on any atom is 0.493 e. The lowest BCUT2D eigenvalue weighted by molar-refractivity contribution is -0.0560. The second-order valence-electron chi connectivity index (χ2n) is 7.69. The highest BCUT2D eigenvalue weighted by Crippen LogP contribution is 2.32. The molecule has 1 saturated heterocycles. The van der Waals surface area contributed by atoms with E-state index in [1.165, 1.54) is 0 Å². The van der Waals surface area contributed by atoms with Crippen LogP contribution in [0, 0.1) is 0 Å². The Kier molecular flexibility index (Phi) is 5.06. The Morgan fingerprint density at radius 3 is 1.53 bits per heavy atom. The van der Waals surface area contributed by atoms with Crippen LogP contribution in [-0.2, 0) is 9.31 Å². The van der Waals surface area contributed by atoms with Gasteiger partial charge >= 0.3 is 14.2 Å². The van der Waals surface area contributed by atoms with Crippen LogP contribution >= 0.6 is 0 Å². The van der Waals surface area contributed by atoms with E-state index in [-0.39, 0.29) is 0 Å². The van der Waals surface area contributed by atoms with Gasteiger partial charge in [-0.05, 0) is 22.1 Å². The number of nitrogens with zero attached hydrogens (tertiary/aromatic N) is 2. The van der Waals surface area contributed by atoms with Crippen LogP contribution in [0.3, 0.4) is 0 Å². The van der Waals surface area contributed by atoms with Crippen molar-refractivity contribution in [3.63, 3.8) is 0 Å². The van der Waals surface area contributed by atoms with Gasteiger partial charge in [-0.25, -0.2) is 0 Å². The van der Waals surface area contributed by atoms with Gasteiger partial charge in [0, 0.05) is 37.3 Å². The van der Waals surface area contributed by atoms with Gasteiger partial charge in [-0.3, -0.25) is 19.4 Å². The third kappa shape index (κ3) is 3.04. The lowest BCUT2D eigenvalue weighted by Gasteiger charge is -2.40. The fraction of sp³-hybridized carbons (Fsp3) is 0.300. The Balaban J connectivity index is 1.33. The Labute approximate surface area is 174 Å². The lowest BCUT2D eigenvalue weighted by Crippen LogP contribution is -2.49. The highest BCUT2D eigenvalue weighted by Gasteiger charge is 2.43. The van der Waals surface area contributed by atoms with Gasteiger partial charge in [-0.1, -0.05) is 36.4 Å². The number of carbonyl (C=O) groups excluding carboxylic acids is 2. The smallest absolute Gasteiger partial charge is 0.423 e. The number of aldehydes is 2. The second kappa shape index (κ2) is 7.73. The number of hydrogen-bond donors (Lipinski definition) is 2. The minimum Gasteiger partial charge on any atom is -0.423 e. The average Bonchev–Trinajstić information content (AvgIpc) is 3.31. The van der Waals surface area contributed by atoms with Gasteiger partial charge in [0.15, 0.2) is 0 Å². The molecule has 0 saturated carbocycles. The zero-order valence-electron chi connectivity index (χ0n) is 16.2. The minimum atomic E-state index is -1.12. The fourth-order valence-electron chi connectivity index (χ4n) is 4.71. The summed E-state index contributed by atoms with van der Waals surface area (Å²) in [6.45, 7) is 2.61. The van der Waals surface area contributed by atoms with Crippen LogP contribution in [-0.4, -0.2) is 72.8 Å². The number of rotatable bonds is 4. The van der Waals surface area contributed by atoms with Crippen LogP contribution < -0.4 is 10.9 Å². The summed E-state index contributed by atoms with van der Waals surface area (Å²) in [4.78, 5) is 26.9. The van der Waals surface area contributed by atoms with Crippen molar-refractivity contribution in [2.75, 3.05) is 26.2 Å². The van der Waals surface area contributed by atoms with Gasteiger partial charge < -0.3 is 19.4 Å². The molecule has 0 aliphatic carbocycles. The van der Waals surface area contributed by atoms with Crippen molar-refractivity contribution in [2.24, 2.45) is 0 Å². The zero-order valence-corrected chi connectivity index (χ0v) is 16.2. The Morgan fingerprint density at radius 2 is 1.17 bits per heavy atom. The van der Waals surface area contributed by atoms with Crippen molar-refractivity contribution in [2.45, 2.75) is 12.5 Å². The molecule has 0 amide bonds. The Morgan fingerprint density at radius 1 is 0.767 bits per heavy atom. The van der Waals surface area contributed by atoms with Crippen LogP contribution in [0.15, 0.2) is 36.4 Å². The van der Waals surface area contributed by atoms with E-state index in [1.54, 1.807) is 24.3 Å². The molecule has 3 aliphatic heterocycles. The summed E-state index contributed by atoms with van der Waals surface area (Å²) >= 11 is 0. The fourth-order valence-corrected chi connectivity index (χ4v) is 4.71. The van der Waals surface area contributed by atoms with Gasteiger partial charge in [0.05, 0.1) is 0 Å². The Hall–Kier alpha value is -2.33. The van der Waals surface area contributed by atoms with Gasteiger partial charge in [0.25, 0.3) is 0 Å². The van der Waals surface area contributed by atoms with E-state index in [4.69, 9.17) is 9.31 Å². The van der Waals surface area contributed by atoms with Crippen molar-refractivity contribution < 1.29 is 28.9 Å². The van der Waals surface area contributed by atoms with Crippen molar-refractivity contribution in [1.82, 2.24) is 9.80 Å². The molecule has 0 bridgehead atoms. The maximum atomic E-state index is 11.3. The molecule has 5 rings (SSSR count). The molecule has 3 aliphatic rings. The quantitative estimate of drug-likeness (QED) is 0.496. The van der Waals surface area contributed by atoms with E-state index in [0.717, 1.165) is 23.7 Å². The molecule has 30 heavy (non-hydrogen) atoms. The number of benzene rings is 2. The summed E-state index contributed by atoms with van der Waals surface area (Å²) in [5.41, 5.74) is 3.59. The normalized spacial score (nSPS) is 24.1. The molecular formula is C20H20B2N2O6. The van der Waals surface area contributed by atoms with E-state index >= 15 is 0 Å². The second-order valence-corrected chi connectivity index (χ2v) is 7.69. The van der Waals surface area contributed by atoms with Crippen molar-refractivity contribution in [1.29, 1.82) is 0 Å². The summed E-state index contributed by atoms with van der Waals surface area (Å²) in [7, 11) is -2.24. The summed E-state index contributed by atoms with van der Waals surface area (Å²) < 4.78 is 11.5. The van der Waals surface area contributed by atoms with Crippen molar-refractivity contribution >= 4 is 37.7 Å². The van der Waals surface area contributed by atoms with Gasteiger partial charge in [0.1, 0.15) is 25.0 Å². The molecule has 2 N–H and O–H groups in total. The van der Waals surface area contributed by atoms with Crippen LogP contribution in [0.1, 0.15) is 44.3 Å². The predicted molar refractivity (Wildman–Crippen MR) is 110 cm³/mol. The highest BCUT2D eigenvalue weighted by molar-refractivity contribution is 6.63. The topological polar surface area (TPSA) is 99.5 Å². The molecular weight excluding hydrogens is 386 g/mol. The zero-order chi connectivity index (χ0) is 20.8. The first-order valence-electron chi connectivity index (χ1n) is 9.93. The molecule has 1 fully saturated rings. The van der Waals surface area contributed by atoms with E-state index in [9.17, 15) is 19.6 Å². The standard InChI is InChI=1S/C20H20B2N2O6/c25-11-13-3-1-5-15-17(13)21(27)29-19(15)23-7-9-24(10-8-23)20-16-6-2-4-14(12-26)18(16)22(28)30-20/h1-6,11-12,19-20,27-28H,7-10H2. The molecule has 10 heteroatoms. The minimum absolute atomic E-state index is 0.416. The van der Waals surface area contributed by atoms with Crippen LogP contribution in [0.2, 0.25) is 0 Å². The monoisotopic (exact) mass is 406 g/mol. The number of fused-ring (bicyclic) bond motifs is 2. The largest absolute Gasteiger partial charge is 0.493 e. The molecule has 0 aromatic heterocycles. The molecule has 152 valence electrons. The van der Waals surface area contributed by atoms with Gasteiger partial charge in [-0.15, -0.1) is 0 Å². The van der Waals surface area contributed by atoms with Crippen molar-refractivity contribution in [3.05, 3.63) is 58.7 Å². The molecule has 2 atom stereocenters. The van der Waals surface area contributed by atoms with E-state index in [1.807, 2.05) is 12.1 Å². The third-order valence-electron chi connectivity index (χ3n) is 6.15. The molecule has 8 nitrogen and oxygen atoms in total. The first kappa shape index (κ1) is 19.6. The summed E-state index contributed by atoms with van der Waals surface area (Å²) in [5.74, 6) is 0. The summed E-state index contributed by atoms with van der Waals surface area (Å²) in [5, 5.41) is 20.6. The molecule has 0 spiro atoms. The van der Waals surface area contributed by atoms with Crippen LogP contribution in [0.4, 0.5) is 0 Å². The first-order valence-corrected chi connectivity index (χ1v) is 9.93. The summed E-state index contributed by atoms with van der Waals surface area (Å²) in [6.07, 6.45) is 0.640. The molecule has 0 radical (unpaired) electrons. The maximum absolute atomic E-state index is 11.3. The molecule has 2 aromatic carbocycles. The van der Waals surface area contributed by atoms with E-state index < -0.39 is 26.7 Å². The first-order chi connectivity index (χ1) is 14.6. The Bertz CT molecular complexity index is 918. The average molecular weight is 406 g/mol. The SMILES string of the molecule is O=Cc1cccc2c1B(O)OC2N1CCN(C2OB(O)c3c(C=O)cccc32)CC1. The molecule has 3 heterocycles.